The van der Waals surface area contributed by atoms with Crippen LogP contribution < -0.4 is 4.90 Å². The van der Waals surface area contributed by atoms with Crippen LogP contribution in [0, 0.1) is 10.1 Å². The van der Waals surface area contributed by atoms with E-state index < -0.39 is 17.6 Å². The standard InChI is InChI=1S/C17H13ClF3N3O2/c18-12-4-5-15-14(9-12)16(11-2-1-3-13(8-11)24(25)26)22-6-7-23(15)10-17(19,20)21/h1-5,8-9H,6-7,10H2. The first-order valence-electron chi connectivity index (χ1n) is 7.65. The van der Waals surface area contributed by atoms with Crippen LogP contribution >= 0.6 is 11.6 Å². The van der Waals surface area contributed by atoms with Crippen molar-refractivity contribution in [2.75, 3.05) is 24.5 Å². The fourth-order valence-electron chi connectivity index (χ4n) is 2.86. The van der Waals surface area contributed by atoms with Gasteiger partial charge in [-0.2, -0.15) is 13.2 Å². The Morgan fingerprint density at radius 1 is 1.23 bits per heavy atom. The number of halogens is 4. The van der Waals surface area contributed by atoms with E-state index in [0.717, 1.165) is 0 Å². The minimum absolute atomic E-state index is 0.0760. The first kappa shape index (κ1) is 18.2. The number of rotatable bonds is 3. The van der Waals surface area contributed by atoms with Crippen molar-refractivity contribution in [3.63, 3.8) is 0 Å². The molecule has 0 amide bonds. The van der Waals surface area contributed by atoms with Gasteiger partial charge in [-0.1, -0.05) is 23.7 Å². The van der Waals surface area contributed by atoms with Crippen LogP contribution in [0.2, 0.25) is 5.02 Å². The van der Waals surface area contributed by atoms with Gasteiger partial charge in [0, 0.05) is 40.5 Å². The van der Waals surface area contributed by atoms with Gasteiger partial charge in [0.2, 0.25) is 0 Å². The van der Waals surface area contributed by atoms with E-state index in [4.69, 9.17) is 11.6 Å². The van der Waals surface area contributed by atoms with Gasteiger partial charge in [0.25, 0.3) is 5.69 Å². The van der Waals surface area contributed by atoms with Crippen molar-refractivity contribution >= 4 is 28.7 Å². The Kier molecular flexibility index (Phi) is 4.86. The Hall–Kier alpha value is -2.61. The molecule has 0 bridgehead atoms. The molecule has 0 radical (unpaired) electrons. The highest BCUT2D eigenvalue weighted by Crippen LogP contribution is 2.32. The van der Waals surface area contributed by atoms with Crippen LogP contribution in [0.15, 0.2) is 47.5 Å². The number of fused-ring (bicyclic) bond motifs is 1. The third-order valence-electron chi connectivity index (χ3n) is 3.89. The van der Waals surface area contributed by atoms with E-state index >= 15 is 0 Å². The summed E-state index contributed by atoms with van der Waals surface area (Å²) in [5.74, 6) is 0. The third kappa shape index (κ3) is 3.96. The largest absolute Gasteiger partial charge is 0.405 e. The van der Waals surface area contributed by atoms with Crippen LogP contribution in [0.25, 0.3) is 0 Å². The maximum atomic E-state index is 12.9. The summed E-state index contributed by atoms with van der Waals surface area (Å²) >= 11 is 6.04. The number of hydrogen-bond acceptors (Lipinski definition) is 4. The molecule has 2 aromatic carbocycles. The number of anilines is 1. The molecule has 0 aromatic heterocycles. The van der Waals surface area contributed by atoms with Crippen LogP contribution in [0.4, 0.5) is 24.5 Å². The van der Waals surface area contributed by atoms with E-state index in [9.17, 15) is 23.3 Å². The first-order chi connectivity index (χ1) is 12.2. The molecule has 1 heterocycles. The summed E-state index contributed by atoms with van der Waals surface area (Å²) in [5, 5.41) is 11.4. The summed E-state index contributed by atoms with van der Waals surface area (Å²) in [6.07, 6.45) is -4.37. The summed E-state index contributed by atoms with van der Waals surface area (Å²) in [6, 6.07) is 10.4. The zero-order valence-electron chi connectivity index (χ0n) is 13.3. The second kappa shape index (κ2) is 6.95. The molecule has 5 nitrogen and oxygen atoms in total. The number of aliphatic imine (C=N–C) groups is 1. The molecule has 0 fully saturated rings. The third-order valence-corrected chi connectivity index (χ3v) is 4.13. The van der Waals surface area contributed by atoms with E-state index in [1.807, 2.05) is 0 Å². The number of nitro groups is 1. The molecule has 1 aliphatic heterocycles. The Morgan fingerprint density at radius 2 is 2.00 bits per heavy atom. The fourth-order valence-corrected chi connectivity index (χ4v) is 3.03. The molecule has 0 atom stereocenters. The van der Waals surface area contributed by atoms with E-state index in [0.29, 0.717) is 27.5 Å². The quantitative estimate of drug-likeness (QED) is 0.580. The second-order valence-corrected chi connectivity index (χ2v) is 6.17. The van der Waals surface area contributed by atoms with Gasteiger partial charge in [0.05, 0.1) is 17.2 Å². The maximum Gasteiger partial charge on any atom is 0.405 e. The maximum absolute atomic E-state index is 12.9. The minimum atomic E-state index is -4.37. The number of hydrogen-bond donors (Lipinski definition) is 0. The van der Waals surface area contributed by atoms with Crippen molar-refractivity contribution in [1.82, 2.24) is 0 Å². The average Bonchev–Trinajstić information content (AvgIpc) is 2.73. The first-order valence-corrected chi connectivity index (χ1v) is 8.03. The normalized spacial score (nSPS) is 14.5. The SMILES string of the molecule is O=[N+]([O-])c1cccc(C2=NCCN(CC(F)(F)F)c3ccc(Cl)cc32)c1. The monoisotopic (exact) mass is 383 g/mol. The van der Waals surface area contributed by atoms with Gasteiger partial charge in [0.15, 0.2) is 0 Å². The summed E-state index contributed by atoms with van der Waals surface area (Å²) in [5.41, 5.74) is 1.48. The molecule has 0 unspecified atom stereocenters. The fraction of sp³-hybridized carbons (Fsp3) is 0.235. The predicted octanol–water partition coefficient (Wildman–Crippen LogP) is 4.47. The Balaban J connectivity index is 2.10. The summed E-state index contributed by atoms with van der Waals surface area (Å²) in [7, 11) is 0. The predicted molar refractivity (Wildman–Crippen MR) is 93.3 cm³/mol. The molecule has 3 rings (SSSR count). The molecule has 0 spiro atoms. The van der Waals surface area contributed by atoms with Gasteiger partial charge in [-0.25, -0.2) is 0 Å². The molecule has 0 saturated carbocycles. The highest BCUT2D eigenvalue weighted by Gasteiger charge is 2.33. The molecule has 0 aliphatic carbocycles. The van der Waals surface area contributed by atoms with Gasteiger partial charge in [-0.05, 0) is 18.2 Å². The van der Waals surface area contributed by atoms with Crippen molar-refractivity contribution < 1.29 is 18.1 Å². The minimum Gasteiger partial charge on any atom is -0.360 e. The van der Waals surface area contributed by atoms with Crippen molar-refractivity contribution in [2.24, 2.45) is 4.99 Å². The van der Waals surface area contributed by atoms with Crippen LogP contribution in [-0.4, -0.2) is 36.4 Å². The molecule has 2 aromatic rings. The zero-order chi connectivity index (χ0) is 18.9. The van der Waals surface area contributed by atoms with Crippen LogP contribution in [-0.2, 0) is 0 Å². The second-order valence-electron chi connectivity index (χ2n) is 5.74. The molecule has 0 saturated heterocycles. The zero-order valence-corrected chi connectivity index (χ0v) is 14.1. The molecule has 1 aliphatic rings. The Bertz CT molecular complexity index is 884. The highest BCUT2D eigenvalue weighted by atomic mass is 35.5. The van der Waals surface area contributed by atoms with E-state index in [2.05, 4.69) is 4.99 Å². The van der Waals surface area contributed by atoms with Crippen LogP contribution in [0.5, 0.6) is 0 Å². The topological polar surface area (TPSA) is 58.7 Å². The van der Waals surface area contributed by atoms with Gasteiger partial charge in [-0.3, -0.25) is 15.1 Å². The summed E-state index contributed by atoms with van der Waals surface area (Å²) in [6.45, 7) is -0.910. The van der Waals surface area contributed by atoms with E-state index in [1.54, 1.807) is 6.07 Å². The van der Waals surface area contributed by atoms with Gasteiger partial charge in [-0.15, -0.1) is 0 Å². The molecule has 136 valence electrons. The summed E-state index contributed by atoms with van der Waals surface area (Å²) in [4.78, 5) is 16.1. The highest BCUT2D eigenvalue weighted by molar-refractivity contribution is 6.31. The average molecular weight is 384 g/mol. The molecular weight excluding hydrogens is 371 g/mol. The number of alkyl halides is 3. The lowest BCUT2D eigenvalue weighted by molar-refractivity contribution is -0.384. The molecular formula is C17H13ClF3N3O2. The lowest BCUT2D eigenvalue weighted by atomic mass is 9.99. The molecule has 0 N–H and O–H groups in total. The number of non-ortho nitro benzene ring substituents is 1. The lowest BCUT2D eigenvalue weighted by Crippen LogP contribution is -2.36. The van der Waals surface area contributed by atoms with Gasteiger partial charge >= 0.3 is 6.18 Å². The van der Waals surface area contributed by atoms with Crippen molar-refractivity contribution in [1.29, 1.82) is 0 Å². The Labute approximate surface area is 151 Å². The van der Waals surface area contributed by atoms with Crippen molar-refractivity contribution in [3.05, 3.63) is 68.7 Å². The molecule has 9 heteroatoms. The van der Waals surface area contributed by atoms with Crippen molar-refractivity contribution in [3.8, 4) is 0 Å². The number of benzodiazepines with no additional fused rings is 1. The molecule has 26 heavy (non-hydrogen) atoms. The van der Waals surface area contributed by atoms with E-state index in [1.165, 1.54) is 41.3 Å². The smallest absolute Gasteiger partial charge is 0.360 e. The number of nitrogens with zero attached hydrogens (tertiary/aromatic N) is 3. The number of benzene rings is 2. The van der Waals surface area contributed by atoms with E-state index in [-0.39, 0.29) is 18.8 Å². The van der Waals surface area contributed by atoms with Gasteiger partial charge in [0.1, 0.15) is 6.54 Å². The van der Waals surface area contributed by atoms with Crippen LogP contribution in [0.1, 0.15) is 11.1 Å². The lowest BCUT2D eigenvalue weighted by Gasteiger charge is -2.26. The van der Waals surface area contributed by atoms with Gasteiger partial charge < -0.3 is 4.90 Å². The Morgan fingerprint density at radius 3 is 2.69 bits per heavy atom. The van der Waals surface area contributed by atoms with Crippen molar-refractivity contribution in [2.45, 2.75) is 6.18 Å². The summed E-state index contributed by atoms with van der Waals surface area (Å²) < 4.78 is 38.8. The number of nitro benzene ring substituents is 1. The van der Waals surface area contributed by atoms with Crippen LogP contribution in [0.3, 0.4) is 0 Å².